The van der Waals surface area contributed by atoms with E-state index in [2.05, 4.69) is 4.99 Å². The fourth-order valence-electron chi connectivity index (χ4n) is 3.29. The molecule has 2 aromatic carbocycles. The molecule has 0 heterocycles. The fourth-order valence-corrected chi connectivity index (χ4v) is 3.29. The van der Waals surface area contributed by atoms with E-state index in [9.17, 15) is 9.90 Å². The Morgan fingerprint density at radius 3 is 2.67 bits per heavy atom. The third-order valence-electron chi connectivity index (χ3n) is 4.53. The van der Waals surface area contributed by atoms with Gasteiger partial charge in [-0.15, -0.1) is 0 Å². The molecule has 142 valence electrons. The molecule has 0 fully saturated rings. The number of nitrogens with two attached hydrogens (primary N) is 1. The Morgan fingerprint density at radius 2 is 1.93 bits per heavy atom. The number of amides is 1. The Kier molecular flexibility index (Phi) is 5.76. The Morgan fingerprint density at radius 1 is 1.19 bits per heavy atom. The number of rotatable bonds is 6. The first kappa shape index (κ1) is 18.9. The number of hydrogen-bond acceptors (Lipinski definition) is 4. The fraction of sp³-hybridized carbons (Fsp3) is 0.333. The van der Waals surface area contributed by atoms with Crippen LogP contribution in [0.2, 0.25) is 0 Å². The normalized spacial score (nSPS) is 16.1. The predicted molar refractivity (Wildman–Crippen MR) is 104 cm³/mol. The number of hydrogen-bond donors (Lipinski definition) is 2. The van der Waals surface area contributed by atoms with Crippen molar-refractivity contribution >= 4 is 11.7 Å². The highest BCUT2D eigenvalue weighted by atomic mass is 16.5. The quantitative estimate of drug-likeness (QED) is 0.604. The van der Waals surface area contributed by atoms with E-state index in [0.717, 1.165) is 11.1 Å². The number of fused-ring (bicyclic) bond motifs is 1. The molecule has 1 aliphatic rings. The molecule has 0 spiro atoms. The number of nitrogens with zero attached hydrogens (tertiary/aromatic N) is 1. The average molecular weight is 368 g/mol. The van der Waals surface area contributed by atoms with Crippen molar-refractivity contribution in [1.82, 2.24) is 0 Å². The van der Waals surface area contributed by atoms with Gasteiger partial charge in [0.2, 0.25) is 0 Å². The van der Waals surface area contributed by atoms with E-state index in [4.69, 9.17) is 15.2 Å². The lowest BCUT2D eigenvalue weighted by atomic mass is 10.0. The van der Waals surface area contributed by atoms with E-state index >= 15 is 0 Å². The van der Waals surface area contributed by atoms with Crippen LogP contribution >= 0.6 is 0 Å². The zero-order valence-corrected chi connectivity index (χ0v) is 15.6. The van der Waals surface area contributed by atoms with Gasteiger partial charge >= 0.3 is 0 Å². The molecule has 1 unspecified atom stereocenters. The zero-order chi connectivity index (χ0) is 19.4. The SMILES string of the molecule is CCOc1ccc(C(=O)N=C(N)c2cccc3c2CCC3O)cc1OCC. The van der Waals surface area contributed by atoms with E-state index < -0.39 is 12.0 Å². The van der Waals surface area contributed by atoms with Crippen LogP contribution in [0.1, 0.15) is 53.4 Å². The highest BCUT2D eigenvalue weighted by molar-refractivity contribution is 6.09. The highest BCUT2D eigenvalue weighted by Crippen LogP contribution is 2.33. The second-order valence-electron chi connectivity index (χ2n) is 6.26. The summed E-state index contributed by atoms with van der Waals surface area (Å²) in [5.74, 6) is 0.788. The van der Waals surface area contributed by atoms with Crippen LogP contribution in [0.3, 0.4) is 0 Å². The molecule has 3 rings (SSSR count). The summed E-state index contributed by atoms with van der Waals surface area (Å²) < 4.78 is 11.1. The number of aliphatic imine (C=N–C) groups is 1. The first-order valence-electron chi connectivity index (χ1n) is 9.13. The minimum absolute atomic E-state index is 0.151. The first-order valence-corrected chi connectivity index (χ1v) is 9.13. The monoisotopic (exact) mass is 368 g/mol. The lowest BCUT2D eigenvalue weighted by molar-refractivity contribution is 0.100. The van der Waals surface area contributed by atoms with Crippen LogP contribution in [-0.2, 0) is 6.42 Å². The maximum Gasteiger partial charge on any atom is 0.279 e. The van der Waals surface area contributed by atoms with Crippen molar-refractivity contribution in [2.75, 3.05) is 13.2 Å². The van der Waals surface area contributed by atoms with E-state index in [0.29, 0.717) is 48.7 Å². The zero-order valence-electron chi connectivity index (χ0n) is 15.6. The molecule has 0 saturated heterocycles. The number of aliphatic hydroxyl groups is 1. The van der Waals surface area contributed by atoms with Crippen LogP contribution < -0.4 is 15.2 Å². The summed E-state index contributed by atoms with van der Waals surface area (Å²) in [6, 6.07) is 10.5. The number of aliphatic hydroxyl groups excluding tert-OH is 1. The average Bonchev–Trinajstić information content (AvgIpc) is 3.04. The number of carbonyl (C=O) groups excluding carboxylic acids is 1. The molecule has 1 amide bonds. The Hall–Kier alpha value is -2.86. The molecule has 0 aromatic heterocycles. The van der Waals surface area contributed by atoms with E-state index in [1.54, 1.807) is 18.2 Å². The predicted octanol–water partition coefficient (Wildman–Crippen LogP) is 3.01. The van der Waals surface area contributed by atoms with Crippen LogP contribution in [0.4, 0.5) is 0 Å². The van der Waals surface area contributed by atoms with E-state index in [1.807, 2.05) is 32.0 Å². The Labute approximate surface area is 158 Å². The van der Waals surface area contributed by atoms with Crippen molar-refractivity contribution in [2.45, 2.75) is 32.8 Å². The van der Waals surface area contributed by atoms with Crippen molar-refractivity contribution in [3.63, 3.8) is 0 Å². The van der Waals surface area contributed by atoms with Gasteiger partial charge < -0.3 is 20.3 Å². The molecule has 1 aliphatic carbocycles. The molecule has 1 atom stereocenters. The largest absolute Gasteiger partial charge is 0.490 e. The third-order valence-corrected chi connectivity index (χ3v) is 4.53. The number of ether oxygens (including phenoxy) is 2. The topological polar surface area (TPSA) is 94.1 Å². The minimum atomic E-state index is -0.483. The van der Waals surface area contributed by atoms with Gasteiger partial charge in [0.25, 0.3) is 5.91 Å². The van der Waals surface area contributed by atoms with E-state index in [-0.39, 0.29) is 5.84 Å². The summed E-state index contributed by atoms with van der Waals surface area (Å²) in [6.07, 6.45) is 0.891. The van der Waals surface area contributed by atoms with Crippen LogP contribution in [0, 0.1) is 0 Å². The lowest BCUT2D eigenvalue weighted by Gasteiger charge is -2.12. The smallest absolute Gasteiger partial charge is 0.279 e. The maximum absolute atomic E-state index is 12.6. The van der Waals surface area contributed by atoms with Gasteiger partial charge in [-0.05, 0) is 56.0 Å². The van der Waals surface area contributed by atoms with Crippen molar-refractivity contribution in [2.24, 2.45) is 10.7 Å². The van der Waals surface area contributed by atoms with Gasteiger partial charge in [-0.3, -0.25) is 4.79 Å². The summed E-state index contributed by atoms with van der Waals surface area (Å²) in [5, 5.41) is 10.0. The summed E-state index contributed by atoms with van der Waals surface area (Å²) >= 11 is 0. The van der Waals surface area contributed by atoms with Gasteiger partial charge in [0.05, 0.1) is 19.3 Å². The van der Waals surface area contributed by atoms with Gasteiger partial charge in [-0.25, -0.2) is 0 Å². The van der Waals surface area contributed by atoms with Crippen molar-refractivity contribution in [1.29, 1.82) is 0 Å². The molecular weight excluding hydrogens is 344 g/mol. The molecule has 0 bridgehead atoms. The molecule has 0 saturated carbocycles. The summed E-state index contributed by atoms with van der Waals surface area (Å²) in [7, 11) is 0. The molecular formula is C21H24N2O4. The molecule has 0 radical (unpaired) electrons. The lowest BCUT2D eigenvalue weighted by Crippen LogP contribution is -2.18. The van der Waals surface area contributed by atoms with Gasteiger partial charge in [-0.1, -0.05) is 18.2 Å². The van der Waals surface area contributed by atoms with Crippen molar-refractivity contribution in [3.05, 3.63) is 58.7 Å². The van der Waals surface area contributed by atoms with Crippen LogP contribution in [0.5, 0.6) is 11.5 Å². The van der Waals surface area contributed by atoms with Crippen LogP contribution in [-0.4, -0.2) is 30.1 Å². The first-order chi connectivity index (χ1) is 13.0. The molecule has 6 heteroatoms. The summed E-state index contributed by atoms with van der Waals surface area (Å²) in [4.78, 5) is 16.7. The number of amidine groups is 1. The van der Waals surface area contributed by atoms with Crippen LogP contribution in [0.25, 0.3) is 0 Å². The van der Waals surface area contributed by atoms with Crippen molar-refractivity contribution < 1.29 is 19.4 Å². The molecule has 6 nitrogen and oxygen atoms in total. The number of carbonyl (C=O) groups is 1. The van der Waals surface area contributed by atoms with Gasteiger partial charge in [0.15, 0.2) is 11.5 Å². The molecule has 2 aromatic rings. The minimum Gasteiger partial charge on any atom is -0.490 e. The summed E-state index contributed by atoms with van der Waals surface area (Å²) in [5.41, 5.74) is 9.01. The molecule has 27 heavy (non-hydrogen) atoms. The third kappa shape index (κ3) is 3.95. The van der Waals surface area contributed by atoms with Gasteiger partial charge in [0.1, 0.15) is 5.84 Å². The molecule has 3 N–H and O–H groups in total. The Bertz CT molecular complexity index is 876. The van der Waals surface area contributed by atoms with E-state index in [1.165, 1.54) is 0 Å². The molecule has 0 aliphatic heterocycles. The standard InChI is InChI=1S/C21H24N2O4/c1-3-26-18-11-8-13(12-19(18)27-4-2)21(25)23-20(22)16-7-5-6-15-14(16)9-10-17(15)24/h5-8,11-12,17,24H,3-4,9-10H2,1-2H3,(H2,22,23,25). The van der Waals surface area contributed by atoms with Crippen molar-refractivity contribution in [3.8, 4) is 11.5 Å². The second-order valence-corrected chi connectivity index (χ2v) is 6.26. The van der Waals surface area contributed by atoms with Crippen LogP contribution in [0.15, 0.2) is 41.4 Å². The number of benzene rings is 2. The maximum atomic E-state index is 12.6. The second kappa shape index (κ2) is 8.22. The summed E-state index contributed by atoms with van der Waals surface area (Å²) in [6.45, 7) is 4.71. The van der Waals surface area contributed by atoms with Gasteiger partial charge in [-0.2, -0.15) is 4.99 Å². The van der Waals surface area contributed by atoms with Gasteiger partial charge in [0, 0.05) is 11.1 Å². The Balaban J connectivity index is 1.89. The highest BCUT2D eigenvalue weighted by Gasteiger charge is 2.23.